The Hall–Kier alpha value is -0.610. The summed E-state index contributed by atoms with van der Waals surface area (Å²) in [6.45, 7) is 3.71. The summed E-state index contributed by atoms with van der Waals surface area (Å²) in [6, 6.07) is 0.0743. The molecule has 0 spiro atoms. The second-order valence-electron chi connectivity index (χ2n) is 5.18. The average Bonchev–Trinajstić information content (AvgIpc) is 2.74. The number of hydrogen-bond acceptors (Lipinski definition) is 3. The Balaban J connectivity index is 1.71. The lowest BCUT2D eigenvalue weighted by molar-refractivity contribution is -0.136. The highest BCUT2D eigenvalue weighted by molar-refractivity contribution is 5.77. The van der Waals surface area contributed by atoms with Gasteiger partial charge in [0.05, 0.1) is 18.8 Å². The minimum Gasteiger partial charge on any atom is -0.394 e. The van der Waals surface area contributed by atoms with Crippen molar-refractivity contribution in [1.82, 2.24) is 4.90 Å². The summed E-state index contributed by atoms with van der Waals surface area (Å²) in [4.78, 5) is 13.9. The van der Waals surface area contributed by atoms with E-state index < -0.39 is 0 Å². The molecule has 2 rings (SSSR count). The maximum absolute atomic E-state index is 12.1. The molecule has 1 aliphatic heterocycles. The fraction of sp³-hybridized carbons (Fsp3) is 0.923. The average molecular weight is 241 g/mol. The van der Waals surface area contributed by atoms with E-state index in [4.69, 9.17) is 4.74 Å². The molecule has 0 aromatic rings. The van der Waals surface area contributed by atoms with E-state index in [9.17, 15) is 9.90 Å². The lowest BCUT2D eigenvalue weighted by Crippen LogP contribution is -2.41. The van der Waals surface area contributed by atoms with Gasteiger partial charge in [-0.25, -0.2) is 0 Å². The molecule has 1 saturated heterocycles. The topological polar surface area (TPSA) is 49.8 Å². The first-order valence-electron chi connectivity index (χ1n) is 6.76. The summed E-state index contributed by atoms with van der Waals surface area (Å²) in [7, 11) is 0. The number of likely N-dealkylation sites (tertiary alicyclic amines) is 1. The highest BCUT2D eigenvalue weighted by Gasteiger charge is 2.34. The van der Waals surface area contributed by atoms with Crippen LogP contribution < -0.4 is 0 Å². The first-order valence-corrected chi connectivity index (χ1v) is 6.76. The van der Waals surface area contributed by atoms with E-state index >= 15 is 0 Å². The van der Waals surface area contributed by atoms with Crippen LogP contribution in [0, 0.1) is 5.92 Å². The molecular formula is C13H23NO3. The maximum Gasteiger partial charge on any atom is 0.223 e. The SMILES string of the molecule is CCOC1CC(CC(=O)N2CCCC2CO)C1. The summed E-state index contributed by atoms with van der Waals surface area (Å²) < 4.78 is 5.49. The van der Waals surface area contributed by atoms with Crippen LogP contribution >= 0.6 is 0 Å². The van der Waals surface area contributed by atoms with E-state index in [1.165, 1.54) is 0 Å². The number of carbonyl (C=O) groups is 1. The highest BCUT2D eigenvalue weighted by Crippen LogP contribution is 2.33. The number of aliphatic hydroxyl groups is 1. The van der Waals surface area contributed by atoms with Crippen LogP contribution in [-0.2, 0) is 9.53 Å². The van der Waals surface area contributed by atoms with Gasteiger partial charge in [0.1, 0.15) is 0 Å². The van der Waals surface area contributed by atoms with Gasteiger partial charge in [0.2, 0.25) is 5.91 Å². The van der Waals surface area contributed by atoms with E-state index in [-0.39, 0.29) is 18.6 Å². The number of ether oxygens (including phenoxy) is 1. The molecule has 1 atom stereocenters. The van der Waals surface area contributed by atoms with E-state index in [1.54, 1.807) is 0 Å². The molecule has 1 heterocycles. The number of hydrogen-bond donors (Lipinski definition) is 1. The van der Waals surface area contributed by atoms with Crippen LogP contribution in [0.1, 0.15) is 39.0 Å². The summed E-state index contributed by atoms with van der Waals surface area (Å²) >= 11 is 0. The van der Waals surface area contributed by atoms with Crippen molar-refractivity contribution in [3.05, 3.63) is 0 Å². The molecule has 0 bridgehead atoms. The van der Waals surface area contributed by atoms with Crippen molar-refractivity contribution in [3.8, 4) is 0 Å². The molecule has 1 saturated carbocycles. The largest absolute Gasteiger partial charge is 0.394 e. The van der Waals surface area contributed by atoms with E-state index in [1.807, 2.05) is 11.8 Å². The highest BCUT2D eigenvalue weighted by atomic mass is 16.5. The van der Waals surface area contributed by atoms with Gasteiger partial charge >= 0.3 is 0 Å². The minimum absolute atomic E-state index is 0.0743. The van der Waals surface area contributed by atoms with Crippen molar-refractivity contribution in [2.45, 2.75) is 51.2 Å². The molecule has 1 unspecified atom stereocenters. The Bertz CT molecular complexity index is 263. The second-order valence-corrected chi connectivity index (χ2v) is 5.18. The van der Waals surface area contributed by atoms with Crippen LogP contribution in [0.15, 0.2) is 0 Å². The van der Waals surface area contributed by atoms with Crippen LogP contribution in [-0.4, -0.2) is 47.8 Å². The summed E-state index contributed by atoms with van der Waals surface area (Å²) in [6.07, 6.45) is 5.05. The fourth-order valence-electron chi connectivity index (χ4n) is 2.93. The molecule has 0 radical (unpaired) electrons. The smallest absolute Gasteiger partial charge is 0.223 e. The zero-order valence-corrected chi connectivity index (χ0v) is 10.6. The number of rotatable bonds is 5. The number of amides is 1. The molecule has 4 nitrogen and oxygen atoms in total. The Labute approximate surface area is 103 Å². The van der Waals surface area contributed by atoms with Crippen LogP contribution in [0.5, 0.6) is 0 Å². The van der Waals surface area contributed by atoms with Gasteiger partial charge in [0, 0.05) is 19.6 Å². The Morgan fingerprint density at radius 1 is 1.47 bits per heavy atom. The van der Waals surface area contributed by atoms with Gasteiger partial charge in [-0.2, -0.15) is 0 Å². The van der Waals surface area contributed by atoms with E-state index in [0.717, 1.165) is 38.8 Å². The molecule has 2 fully saturated rings. The van der Waals surface area contributed by atoms with Crippen molar-refractivity contribution in [3.63, 3.8) is 0 Å². The van der Waals surface area contributed by atoms with Gasteiger partial charge in [-0.3, -0.25) is 4.79 Å². The third-order valence-electron chi connectivity index (χ3n) is 3.97. The zero-order chi connectivity index (χ0) is 12.3. The molecular weight excluding hydrogens is 218 g/mol. The van der Waals surface area contributed by atoms with Gasteiger partial charge in [0.15, 0.2) is 0 Å². The first-order chi connectivity index (χ1) is 8.24. The molecule has 1 amide bonds. The quantitative estimate of drug-likeness (QED) is 0.786. The van der Waals surface area contributed by atoms with Crippen LogP contribution in [0.4, 0.5) is 0 Å². The van der Waals surface area contributed by atoms with Gasteiger partial charge in [-0.05, 0) is 38.5 Å². The minimum atomic E-state index is 0.0743. The lowest BCUT2D eigenvalue weighted by Gasteiger charge is -2.36. The predicted molar refractivity (Wildman–Crippen MR) is 64.6 cm³/mol. The van der Waals surface area contributed by atoms with Gasteiger partial charge in [-0.15, -0.1) is 0 Å². The number of nitrogens with zero attached hydrogens (tertiary/aromatic N) is 1. The zero-order valence-electron chi connectivity index (χ0n) is 10.6. The van der Waals surface area contributed by atoms with Crippen molar-refractivity contribution in [1.29, 1.82) is 0 Å². The first kappa shape index (κ1) is 12.8. The molecule has 1 N–H and O–H groups in total. The number of aliphatic hydroxyl groups excluding tert-OH is 1. The van der Waals surface area contributed by atoms with E-state index in [2.05, 4.69) is 0 Å². The third kappa shape index (κ3) is 2.99. The van der Waals surface area contributed by atoms with Crippen LogP contribution in [0.3, 0.4) is 0 Å². The third-order valence-corrected chi connectivity index (χ3v) is 3.97. The van der Waals surface area contributed by atoms with Gasteiger partial charge in [0.25, 0.3) is 0 Å². The Kier molecular flexibility index (Phi) is 4.40. The summed E-state index contributed by atoms with van der Waals surface area (Å²) in [5.41, 5.74) is 0. The second kappa shape index (κ2) is 5.83. The standard InChI is InChI=1S/C13H23NO3/c1-2-17-12-6-10(7-12)8-13(16)14-5-3-4-11(14)9-15/h10-12,15H,2-9H2,1H3. The molecule has 0 aromatic heterocycles. The van der Waals surface area contributed by atoms with Crippen molar-refractivity contribution >= 4 is 5.91 Å². The normalized spacial score (nSPS) is 32.6. The lowest BCUT2D eigenvalue weighted by atomic mass is 9.79. The predicted octanol–water partition coefficient (Wildman–Crippen LogP) is 1.17. The van der Waals surface area contributed by atoms with Crippen molar-refractivity contribution < 1.29 is 14.6 Å². The van der Waals surface area contributed by atoms with Crippen molar-refractivity contribution in [2.24, 2.45) is 5.92 Å². The molecule has 4 heteroatoms. The molecule has 98 valence electrons. The fourth-order valence-corrected chi connectivity index (χ4v) is 2.93. The summed E-state index contributed by atoms with van der Waals surface area (Å²) in [5, 5.41) is 9.19. The Morgan fingerprint density at radius 3 is 2.88 bits per heavy atom. The molecule has 2 aliphatic rings. The van der Waals surface area contributed by atoms with E-state index in [0.29, 0.717) is 18.4 Å². The molecule has 17 heavy (non-hydrogen) atoms. The summed E-state index contributed by atoms with van der Waals surface area (Å²) in [5.74, 6) is 0.723. The van der Waals surface area contributed by atoms with Crippen molar-refractivity contribution in [2.75, 3.05) is 19.8 Å². The Morgan fingerprint density at radius 2 is 2.24 bits per heavy atom. The van der Waals surface area contributed by atoms with Gasteiger partial charge < -0.3 is 14.7 Å². The maximum atomic E-state index is 12.1. The van der Waals surface area contributed by atoms with Gasteiger partial charge in [-0.1, -0.05) is 0 Å². The molecule has 0 aromatic carbocycles. The van der Waals surface area contributed by atoms with Crippen LogP contribution in [0.25, 0.3) is 0 Å². The number of carbonyl (C=O) groups excluding carboxylic acids is 1. The molecule has 1 aliphatic carbocycles. The monoisotopic (exact) mass is 241 g/mol. The van der Waals surface area contributed by atoms with Crippen LogP contribution in [0.2, 0.25) is 0 Å².